The molecule has 1 aromatic heterocycles. The van der Waals surface area contributed by atoms with Crippen LogP contribution >= 0.6 is 0 Å². The topological polar surface area (TPSA) is 31.6 Å². The van der Waals surface area contributed by atoms with Gasteiger partial charge in [0.25, 0.3) is 0 Å². The summed E-state index contributed by atoms with van der Waals surface area (Å²) in [5.74, 6) is 1.75. The number of methoxy groups -OCH3 is 1. The van der Waals surface area contributed by atoms with Crippen molar-refractivity contribution < 1.29 is 18.3 Å². The Balaban J connectivity index is 1.55. The minimum Gasteiger partial charge on any atom is -0.494 e. The Morgan fingerprint density at radius 2 is 1.96 bits per heavy atom. The first-order valence-corrected chi connectivity index (χ1v) is 8.24. The molecule has 1 heterocycles. The van der Waals surface area contributed by atoms with Crippen LogP contribution in [0.15, 0.2) is 40.8 Å². The van der Waals surface area contributed by atoms with Gasteiger partial charge in [-0.1, -0.05) is 6.07 Å². The molecule has 2 aromatic carbocycles. The Morgan fingerprint density at radius 1 is 1.08 bits per heavy atom. The zero-order valence-electron chi connectivity index (χ0n) is 13.6. The van der Waals surface area contributed by atoms with Crippen LogP contribution in [0.1, 0.15) is 29.7 Å². The highest BCUT2D eigenvalue weighted by Gasteiger charge is 2.18. The smallest absolute Gasteiger partial charge is 0.165 e. The molecule has 0 saturated carbocycles. The standard InChI is InChI=1S/C20H19FO3/c1-22-20-8-6-13(10-17(20)21)12-23-14-7-9-19-16(11-14)15-4-2-3-5-18(15)24-19/h6-11H,2-5,12H2,1H3. The number of fused-ring (bicyclic) bond motifs is 3. The van der Waals surface area contributed by atoms with Crippen molar-refractivity contribution in [1.82, 2.24) is 0 Å². The molecule has 0 radical (unpaired) electrons. The molecule has 0 aliphatic heterocycles. The van der Waals surface area contributed by atoms with Crippen LogP contribution in [0.5, 0.6) is 11.5 Å². The largest absolute Gasteiger partial charge is 0.494 e. The van der Waals surface area contributed by atoms with Crippen LogP contribution in [0.25, 0.3) is 11.0 Å². The minimum atomic E-state index is -0.377. The number of hydrogen-bond donors (Lipinski definition) is 0. The molecule has 3 nitrogen and oxygen atoms in total. The van der Waals surface area contributed by atoms with E-state index in [1.165, 1.54) is 31.6 Å². The van der Waals surface area contributed by atoms with E-state index in [0.717, 1.165) is 40.9 Å². The maximum atomic E-state index is 13.7. The molecule has 24 heavy (non-hydrogen) atoms. The Hall–Kier alpha value is -2.49. The van der Waals surface area contributed by atoms with Crippen molar-refractivity contribution in [3.8, 4) is 11.5 Å². The van der Waals surface area contributed by atoms with E-state index in [0.29, 0.717) is 6.61 Å². The molecule has 0 saturated heterocycles. The summed E-state index contributed by atoms with van der Waals surface area (Å²) < 4.78 is 30.4. The lowest BCUT2D eigenvalue weighted by atomic mass is 9.96. The monoisotopic (exact) mass is 326 g/mol. The maximum absolute atomic E-state index is 13.7. The highest BCUT2D eigenvalue weighted by atomic mass is 19.1. The third-order valence-electron chi connectivity index (χ3n) is 4.55. The molecule has 1 aliphatic carbocycles. The predicted molar refractivity (Wildman–Crippen MR) is 90.1 cm³/mol. The molecule has 4 heteroatoms. The average molecular weight is 326 g/mol. The van der Waals surface area contributed by atoms with Gasteiger partial charge in [0.05, 0.1) is 7.11 Å². The second-order valence-corrected chi connectivity index (χ2v) is 6.13. The van der Waals surface area contributed by atoms with E-state index in [9.17, 15) is 4.39 Å². The summed E-state index contributed by atoms with van der Waals surface area (Å²) in [5, 5.41) is 1.14. The second kappa shape index (κ2) is 6.19. The maximum Gasteiger partial charge on any atom is 0.165 e. The predicted octanol–water partition coefficient (Wildman–Crippen LogP) is 5.04. The van der Waals surface area contributed by atoms with Crippen LogP contribution in [-0.4, -0.2) is 7.11 Å². The van der Waals surface area contributed by atoms with Gasteiger partial charge in [-0.2, -0.15) is 0 Å². The van der Waals surface area contributed by atoms with Gasteiger partial charge in [-0.25, -0.2) is 4.39 Å². The molecule has 0 fully saturated rings. The van der Waals surface area contributed by atoms with Crippen molar-refractivity contribution in [3.63, 3.8) is 0 Å². The fourth-order valence-electron chi connectivity index (χ4n) is 3.30. The Morgan fingerprint density at radius 3 is 2.79 bits per heavy atom. The number of ether oxygens (including phenoxy) is 2. The fraction of sp³-hybridized carbons (Fsp3) is 0.300. The van der Waals surface area contributed by atoms with E-state index in [-0.39, 0.29) is 11.6 Å². The zero-order valence-corrected chi connectivity index (χ0v) is 13.6. The van der Waals surface area contributed by atoms with Crippen LogP contribution in [0.3, 0.4) is 0 Å². The third-order valence-corrected chi connectivity index (χ3v) is 4.55. The molecule has 1 aliphatic rings. The van der Waals surface area contributed by atoms with Crippen molar-refractivity contribution in [2.45, 2.75) is 32.3 Å². The summed E-state index contributed by atoms with van der Waals surface area (Å²) in [5.41, 5.74) is 3.00. The first-order chi connectivity index (χ1) is 11.7. The van der Waals surface area contributed by atoms with Crippen LogP contribution < -0.4 is 9.47 Å². The highest BCUT2D eigenvalue weighted by molar-refractivity contribution is 5.84. The van der Waals surface area contributed by atoms with Crippen molar-refractivity contribution in [3.05, 3.63) is 59.1 Å². The molecule has 0 amide bonds. The van der Waals surface area contributed by atoms with Crippen molar-refractivity contribution in [1.29, 1.82) is 0 Å². The highest BCUT2D eigenvalue weighted by Crippen LogP contribution is 2.34. The first-order valence-electron chi connectivity index (χ1n) is 8.24. The van der Waals surface area contributed by atoms with Gasteiger partial charge < -0.3 is 13.9 Å². The lowest BCUT2D eigenvalue weighted by Gasteiger charge is -2.10. The summed E-state index contributed by atoms with van der Waals surface area (Å²) in [6, 6.07) is 10.7. The van der Waals surface area contributed by atoms with Crippen LogP contribution in [0.4, 0.5) is 4.39 Å². The van der Waals surface area contributed by atoms with Gasteiger partial charge in [-0.15, -0.1) is 0 Å². The Kier molecular flexibility index (Phi) is 3.89. The number of aryl methyl sites for hydroxylation is 2. The average Bonchev–Trinajstić information content (AvgIpc) is 2.98. The van der Waals surface area contributed by atoms with Crippen molar-refractivity contribution in [2.75, 3.05) is 7.11 Å². The Labute approximate surface area is 140 Å². The van der Waals surface area contributed by atoms with E-state index < -0.39 is 0 Å². The lowest BCUT2D eigenvalue weighted by Crippen LogP contribution is -1.99. The molecule has 0 bridgehead atoms. The van der Waals surface area contributed by atoms with Gasteiger partial charge in [0.2, 0.25) is 0 Å². The quantitative estimate of drug-likeness (QED) is 0.673. The number of halogens is 1. The first kappa shape index (κ1) is 15.1. The fourth-order valence-corrected chi connectivity index (χ4v) is 3.30. The molecule has 0 unspecified atom stereocenters. The summed E-state index contributed by atoms with van der Waals surface area (Å²) >= 11 is 0. The molecule has 124 valence electrons. The van der Waals surface area contributed by atoms with Gasteiger partial charge in [0, 0.05) is 17.4 Å². The summed E-state index contributed by atoms with van der Waals surface area (Å²) in [6.07, 6.45) is 4.48. The SMILES string of the molecule is COc1ccc(COc2ccc3oc4c(c3c2)CCCC4)cc1F. The van der Waals surface area contributed by atoms with Crippen LogP contribution in [0, 0.1) is 5.82 Å². The molecule has 4 rings (SSSR count). The molecule has 3 aromatic rings. The van der Waals surface area contributed by atoms with E-state index in [1.54, 1.807) is 12.1 Å². The van der Waals surface area contributed by atoms with Gasteiger partial charge in [-0.05, 0) is 55.2 Å². The van der Waals surface area contributed by atoms with Gasteiger partial charge in [-0.3, -0.25) is 0 Å². The van der Waals surface area contributed by atoms with E-state index in [4.69, 9.17) is 13.9 Å². The molecule has 0 N–H and O–H groups in total. The molecule has 0 atom stereocenters. The number of rotatable bonds is 4. The zero-order chi connectivity index (χ0) is 16.5. The van der Waals surface area contributed by atoms with Gasteiger partial charge in [0.15, 0.2) is 11.6 Å². The minimum absolute atomic E-state index is 0.241. The summed E-state index contributed by atoms with van der Waals surface area (Å²) in [7, 11) is 1.45. The van der Waals surface area contributed by atoms with Crippen molar-refractivity contribution >= 4 is 11.0 Å². The van der Waals surface area contributed by atoms with E-state index in [1.807, 2.05) is 18.2 Å². The van der Waals surface area contributed by atoms with Crippen molar-refractivity contribution in [2.24, 2.45) is 0 Å². The molecule has 0 spiro atoms. The summed E-state index contributed by atoms with van der Waals surface area (Å²) in [4.78, 5) is 0. The van der Waals surface area contributed by atoms with E-state index >= 15 is 0 Å². The number of benzene rings is 2. The van der Waals surface area contributed by atoms with Gasteiger partial charge >= 0.3 is 0 Å². The summed E-state index contributed by atoms with van der Waals surface area (Å²) in [6.45, 7) is 0.312. The number of hydrogen-bond acceptors (Lipinski definition) is 3. The van der Waals surface area contributed by atoms with Crippen LogP contribution in [0.2, 0.25) is 0 Å². The molecular weight excluding hydrogens is 307 g/mol. The van der Waals surface area contributed by atoms with E-state index in [2.05, 4.69) is 0 Å². The number of furan rings is 1. The second-order valence-electron chi connectivity index (χ2n) is 6.13. The van der Waals surface area contributed by atoms with Crippen LogP contribution in [-0.2, 0) is 19.4 Å². The normalized spacial score (nSPS) is 13.8. The Bertz CT molecular complexity index is 882. The molecular formula is C20H19FO3. The lowest BCUT2D eigenvalue weighted by molar-refractivity contribution is 0.305. The van der Waals surface area contributed by atoms with Gasteiger partial charge in [0.1, 0.15) is 23.7 Å². The third kappa shape index (κ3) is 2.73.